The molecule has 0 amide bonds. The average Bonchev–Trinajstić information content (AvgIpc) is 1.50. The van der Waals surface area contributed by atoms with Gasteiger partial charge in [0.25, 0.3) is 0 Å². The van der Waals surface area contributed by atoms with Crippen molar-refractivity contribution < 1.29 is 0 Å². The molecule has 18 aromatic carbocycles. The van der Waals surface area contributed by atoms with Gasteiger partial charge in [0, 0.05) is 101 Å². The molecule has 0 N–H and O–H groups in total. The van der Waals surface area contributed by atoms with Gasteiger partial charge in [-0.1, -0.05) is 272 Å². The lowest BCUT2D eigenvalue weighted by Gasteiger charge is -2.22. The lowest BCUT2D eigenvalue weighted by atomic mass is 9.92. The number of fused-ring (bicyclic) bond motifs is 20. The van der Waals surface area contributed by atoms with E-state index >= 15 is 0 Å². The lowest BCUT2D eigenvalue weighted by molar-refractivity contribution is 1.01. The van der Waals surface area contributed by atoms with E-state index in [9.17, 15) is 0 Å². The zero-order chi connectivity index (χ0) is 77.0. The Kier molecular flexibility index (Phi) is 14.1. The van der Waals surface area contributed by atoms with Crippen LogP contribution in [0, 0.1) is 0 Å². The van der Waals surface area contributed by atoms with Crippen molar-refractivity contribution in [2.45, 2.75) is 19.6 Å². The summed E-state index contributed by atoms with van der Waals surface area (Å²) in [7, 11) is 0. The molecule has 24 aromatic rings. The van der Waals surface area contributed by atoms with Crippen LogP contribution < -0.4 is 0 Å². The van der Waals surface area contributed by atoms with Crippen molar-refractivity contribution >= 4 is 154 Å². The first-order chi connectivity index (χ1) is 58.5. The summed E-state index contributed by atoms with van der Waals surface area (Å²) in [5.41, 5.74) is 29.3. The predicted molar refractivity (Wildman–Crippen MR) is 494 cm³/mol. The normalized spacial score (nSPS) is 12.5. The lowest BCUT2D eigenvalue weighted by Crippen LogP contribution is -2.04. The van der Waals surface area contributed by atoms with Gasteiger partial charge in [-0.3, -0.25) is 9.13 Å². The van der Waals surface area contributed by atoms with Crippen molar-refractivity contribution in [2.75, 3.05) is 0 Å². The van der Waals surface area contributed by atoms with Gasteiger partial charge >= 0.3 is 0 Å². The van der Waals surface area contributed by atoms with Gasteiger partial charge in [-0.2, -0.15) is 0 Å². The minimum Gasteiger partial charge on any atom is -0.309 e. The van der Waals surface area contributed by atoms with Crippen LogP contribution in [0.1, 0.15) is 0 Å². The van der Waals surface area contributed by atoms with Crippen molar-refractivity contribution in [2.24, 2.45) is 0 Å². The van der Waals surface area contributed by atoms with E-state index in [0.29, 0.717) is 5.95 Å². The number of hydrogen-bond donors (Lipinski definition) is 0. The molecule has 0 radical (unpaired) electrons. The van der Waals surface area contributed by atoms with Gasteiger partial charge in [0.15, 0.2) is 0 Å². The predicted octanol–water partition coefficient (Wildman–Crippen LogP) is 29.5. The number of aromatic nitrogens is 7. The Labute approximate surface area is 685 Å². The smallest absolute Gasteiger partial charge is 0.235 e. The van der Waals surface area contributed by atoms with Crippen LogP contribution in [0.25, 0.3) is 232 Å². The van der Waals surface area contributed by atoms with Gasteiger partial charge in [-0.05, 0) is 211 Å². The highest BCUT2D eigenvalue weighted by Crippen LogP contribution is 2.55. The molecule has 546 valence electrons. The number of rotatable bonds is 9. The van der Waals surface area contributed by atoms with Gasteiger partial charge in [0.2, 0.25) is 5.95 Å². The fourth-order valence-corrected chi connectivity index (χ4v) is 22.0. The van der Waals surface area contributed by atoms with Gasteiger partial charge in [0.05, 0.1) is 60.9 Å². The monoisotopic (exact) mass is 1530 g/mol. The average molecular weight is 1530 g/mol. The van der Waals surface area contributed by atoms with Crippen molar-refractivity contribution in [1.29, 1.82) is 0 Å². The molecule has 2 aliphatic rings. The molecule has 7 nitrogen and oxygen atoms in total. The quantitative estimate of drug-likeness (QED) is 0.144. The van der Waals surface area contributed by atoms with Gasteiger partial charge in [0.1, 0.15) is 5.82 Å². The standard InChI is InChI=1S/C109H63N7S2/c1-5-23-64(24-6-1)83-63-103(110-89-37-17-13-31-74(83)89)115-91-39-19-15-32-75(91)84-56-67(47-53-93(84)115)69-45-51-80-96(59-69)114(73-29-11-4-12-30-73)97-61-87-78-50-44-71(60-102(78)118-101-42-21-35-81(104(80)97)106(87)101)70-43-49-76-85-55-66(46-52-92(85)113(95(76)58-70)72-27-9-3-10-28-72)68-48-54-94-88(57-68)105-82-36-22-41-100-107(82)86(77-33-16-20-40-99(77)117-100)62-98(105)116(94)109-111-90-38-18-14-34-79(90)108(112-109)65-25-7-2-8-26-65/h1-63H. The van der Waals surface area contributed by atoms with E-state index in [4.69, 9.17) is 15.0 Å². The Bertz CT molecular complexity index is 8490. The molecule has 6 aromatic heterocycles. The number of benzene rings is 18. The van der Waals surface area contributed by atoms with Crippen LogP contribution in [0.3, 0.4) is 0 Å². The van der Waals surface area contributed by atoms with Crippen LogP contribution >= 0.6 is 23.5 Å². The van der Waals surface area contributed by atoms with Crippen LogP contribution in [0.5, 0.6) is 0 Å². The van der Waals surface area contributed by atoms with Crippen LogP contribution in [0.15, 0.2) is 402 Å². The second-order valence-electron chi connectivity index (χ2n) is 31.3. The Morgan fingerprint density at radius 2 is 0.627 bits per heavy atom. The van der Waals surface area contributed by atoms with Crippen LogP contribution in [-0.4, -0.2) is 33.2 Å². The molecule has 26 rings (SSSR count). The molecule has 0 aliphatic carbocycles. The molecule has 0 unspecified atom stereocenters. The third-order valence-corrected chi connectivity index (χ3v) is 27.2. The number of pyridine rings is 1. The summed E-state index contributed by atoms with van der Waals surface area (Å²) in [4.78, 5) is 21.4. The zero-order valence-corrected chi connectivity index (χ0v) is 65.0. The molecule has 0 saturated carbocycles. The fraction of sp³-hybridized carbons (Fsp3) is 0. The van der Waals surface area contributed by atoms with Crippen LogP contribution in [-0.2, 0) is 0 Å². The third-order valence-electron chi connectivity index (χ3n) is 24.9. The number of nitrogens with zero attached hydrogens (tertiary/aromatic N) is 7. The summed E-state index contributed by atoms with van der Waals surface area (Å²) >= 11 is 3.75. The minimum atomic E-state index is 0.639. The highest BCUT2D eigenvalue weighted by atomic mass is 32.2. The second kappa shape index (κ2) is 25.3. The van der Waals surface area contributed by atoms with E-state index in [1.807, 2.05) is 23.5 Å². The Morgan fingerprint density at radius 3 is 1.31 bits per heavy atom. The van der Waals surface area contributed by atoms with E-state index < -0.39 is 0 Å². The van der Waals surface area contributed by atoms with Gasteiger partial charge in [-0.25, -0.2) is 15.0 Å². The van der Waals surface area contributed by atoms with E-state index in [-0.39, 0.29) is 0 Å². The topological polar surface area (TPSA) is 58.4 Å². The molecule has 2 aliphatic heterocycles. The Balaban J connectivity index is 0.596. The molecule has 9 heteroatoms. The second-order valence-corrected chi connectivity index (χ2v) is 33.4. The fourth-order valence-electron chi connectivity index (χ4n) is 19.7. The highest BCUT2D eigenvalue weighted by Gasteiger charge is 2.30. The maximum atomic E-state index is 5.56. The van der Waals surface area contributed by atoms with Crippen molar-refractivity contribution in [3.63, 3.8) is 0 Å². The van der Waals surface area contributed by atoms with E-state index in [0.717, 1.165) is 128 Å². The summed E-state index contributed by atoms with van der Waals surface area (Å²) in [6.07, 6.45) is 0. The number of para-hydroxylation sites is 5. The molecular formula is C109H63N7S2. The molecule has 0 fully saturated rings. The first kappa shape index (κ1) is 65.5. The summed E-state index contributed by atoms with van der Waals surface area (Å²) < 4.78 is 9.63. The van der Waals surface area contributed by atoms with E-state index in [1.165, 1.54) is 118 Å². The molecule has 0 atom stereocenters. The molecule has 0 spiro atoms. The van der Waals surface area contributed by atoms with Crippen molar-refractivity contribution in [1.82, 2.24) is 33.2 Å². The molecule has 118 heavy (non-hydrogen) atoms. The number of hydrogen-bond acceptors (Lipinski definition) is 5. The molecule has 8 heterocycles. The third kappa shape index (κ3) is 9.71. The summed E-state index contributed by atoms with van der Waals surface area (Å²) in [6.45, 7) is 0. The molecular weight excluding hydrogens is 1470 g/mol. The van der Waals surface area contributed by atoms with E-state index in [1.54, 1.807) is 0 Å². The SMILES string of the molecule is c1ccc(-c2cc(-n3c4ccccc4c4cc(-c5ccc6c7c8cccc9c8c(cc7n(-c7ccccc7)c6c5)-c5ccc(-c6ccc7c8cc(-c%10ccc%11c(c%10)c%10c%12cccc%13c%12c(cc%10n%11-c%10nc(-c%11ccccc%11)c%11ccccc%11n%10)-c%10ccccc%10S%13)ccc8n(-c8ccccc8)c7c6)cc5S9)ccc43)nc3ccccc23)cc1. The summed E-state index contributed by atoms with van der Waals surface area (Å²) in [5, 5.41) is 16.8. The minimum absolute atomic E-state index is 0.639. The summed E-state index contributed by atoms with van der Waals surface area (Å²) in [5.74, 6) is 1.53. The maximum Gasteiger partial charge on any atom is 0.235 e. The van der Waals surface area contributed by atoms with Crippen molar-refractivity contribution in [3.05, 3.63) is 382 Å². The van der Waals surface area contributed by atoms with Gasteiger partial charge in [-0.15, -0.1) is 0 Å². The highest BCUT2D eigenvalue weighted by molar-refractivity contribution is 8.00. The Hall–Kier alpha value is -14.9. The van der Waals surface area contributed by atoms with Gasteiger partial charge < -0.3 is 9.13 Å². The maximum absolute atomic E-state index is 5.56. The first-order valence-electron chi connectivity index (χ1n) is 40.2. The largest absolute Gasteiger partial charge is 0.309 e. The zero-order valence-electron chi connectivity index (χ0n) is 63.3. The molecule has 0 bridgehead atoms. The van der Waals surface area contributed by atoms with E-state index in [2.05, 4.69) is 400 Å². The van der Waals surface area contributed by atoms with Crippen LogP contribution in [0.2, 0.25) is 0 Å². The Morgan fingerprint density at radius 1 is 0.186 bits per heavy atom. The molecule has 0 saturated heterocycles. The summed E-state index contributed by atoms with van der Waals surface area (Å²) in [6, 6.07) is 141. The van der Waals surface area contributed by atoms with Crippen molar-refractivity contribution in [3.8, 4) is 101 Å². The van der Waals surface area contributed by atoms with Crippen LogP contribution in [0.4, 0.5) is 0 Å². The first-order valence-corrected chi connectivity index (χ1v) is 41.8.